The van der Waals surface area contributed by atoms with Gasteiger partial charge in [0.1, 0.15) is 5.82 Å². The minimum atomic E-state index is -0.914. The highest BCUT2D eigenvalue weighted by molar-refractivity contribution is 7.09. The number of carboxylic acid groups (broad SMARTS) is 1. The summed E-state index contributed by atoms with van der Waals surface area (Å²) in [6.45, 7) is 5.96. The van der Waals surface area contributed by atoms with Crippen LogP contribution < -0.4 is 5.32 Å². The summed E-state index contributed by atoms with van der Waals surface area (Å²) in [5, 5.41) is 11.8. The Bertz CT molecular complexity index is 492. The zero-order valence-electron chi connectivity index (χ0n) is 10.4. The van der Waals surface area contributed by atoms with Crippen LogP contribution in [-0.4, -0.2) is 26.3 Å². The van der Waals surface area contributed by atoms with Gasteiger partial charge in [-0.3, -0.25) is 9.59 Å². The largest absolute Gasteiger partial charge is 0.481 e. The fourth-order valence-corrected chi connectivity index (χ4v) is 2.30. The minimum absolute atomic E-state index is 0.164. The van der Waals surface area contributed by atoms with Crippen molar-refractivity contribution in [3.63, 3.8) is 0 Å². The monoisotopic (exact) mass is 269 g/mol. The molecular formula is C11H15N3O3S. The van der Waals surface area contributed by atoms with Crippen molar-refractivity contribution in [2.24, 2.45) is 11.8 Å². The topological polar surface area (TPSA) is 92.2 Å². The number of hydrogen-bond acceptors (Lipinski definition) is 5. The van der Waals surface area contributed by atoms with E-state index < -0.39 is 17.8 Å². The van der Waals surface area contributed by atoms with E-state index in [-0.39, 0.29) is 11.3 Å². The lowest BCUT2D eigenvalue weighted by molar-refractivity contribution is -0.139. The Balaban J connectivity index is 1.97. The van der Waals surface area contributed by atoms with Crippen LogP contribution in [0.25, 0.3) is 0 Å². The summed E-state index contributed by atoms with van der Waals surface area (Å²) in [6, 6.07) is 0. The van der Waals surface area contributed by atoms with Gasteiger partial charge in [0.15, 0.2) is 0 Å². The highest BCUT2D eigenvalue weighted by Gasteiger charge is 2.48. The fourth-order valence-electron chi connectivity index (χ4n) is 1.53. The molecule has 2 N–H and O–H groups in total. The van der Waals surface area contributed by atoms with Crippen LogP contribution in [0, 0.1) is 11.8 Å². The first kappa shape index (κ1) is 12.9. The third-order valence-electron chi connectivity index (χ3n) is 2.77. The van der Waals surface area contributed by atoms with Crippen molar-refractivity contribution < 1.29 is 14.7 Å². The number of amides is 1. The molecule has 0 spiro atoms. The van der Waals surface area contributed by atoms with Crippen molar-refractivity contribution in [3.8, 4) is 0 Å². The molecule has 98 valence electrons. The molecule has 1 amide bonds. The van der Waals surface area contributed by atoms with Gasteiger partial charge in [0, 0.05) is 16.9 Å². The van der Waals surface area contributed by atoms with Gasteiger partial charge in [0.05, 0.1) is 11.8 Å². The van der Waals surface area contributed by atoms with Crippen molar-refractivity contribution in [3.05, 3.63) is 5.82 Å². The molecule has 2 rings (SSSR count). The van der Waals surface area contributed by atoms with Gasteiger partial charge in [-0.2, -0.15) is 4.37 Å². The van der Waals surface area contributed by atoms with Crippen molar-refractivity contribution in [2.45, 2.75) is 32.6 Å². The number of anilines is 1. The van der Waals surface area contributed by atoms with Crippen LogP contribution in [0.1, 0.15) is 33.0 Å². The Morgan fingerprint density at radius 3 is 2.50 bits per heavy atom. The van der Waals surface area contributed by atoms with Crippen LogP contribution in [0.3, 0.4) is 0 Å². The molecule has 1 aliphatic rings. The van der Waals surface area contributed by atoms with Crippen molar-refractivity contribution in [1.82, 2.24) is 9.36 Å². The lowest BCUT2D eigenvalue weighted by atomic mass is 9.96. The molecule has 0 radical (unpaired) electrons. The summed E-state index contributed by atoms with van der Waals surface area (Å²) in [4.78, 5) is 26.6. The van der Waals surface area contributed by atoms with Crippen LogP contribution in [0.5, 0.6) is 0 Å². The molecule has 0 saturated heterocycles. The molecule has 1 heterocycles. The Labute approximate surface area is 109 Å². The third-order valence-corrected chi connectivity index (χ3v) is 3.40. The number of carbonyl (C=O) groups is 2. The molecule has 0 bridgehead atoms. The second-order valence-electron chi connectivity index (χ2n) is 5.45. The molecule has 1 fully saturated rings. The SMILES string of the molecule is CC(C)(C)c1nsc(NC(=O)[C@@H]2C[C@H]2C(=O)O)n1. The lowest BCUT2D eigenvalue weighted by Gasteiger charge is -2.12. The van der Waals surface area contributed by atoms with Gasteiger partial charge in [-0.1, -0.05) is 20.8 Å². The predicted molar refractivity (Wildman–Crippen MR) is 66.5 cm³/mol. The zero-order chi connectivity index (χ0) is 13.5. The maximum absolute atomic E-state index is 11.7. The zero-order valence-corrected chi connectivity index (χ0v) is 11.2. The van der Waals surface area contributed by atoms with Gasteiger partial charge in [-0.25, -0.2) is 4.98 Å². The van der Waals surface area contributed by atoms with E-state index in [9.17, 15) is 9.59 Å². The molecule has 1 saturated carbocycles. The van der Waals surface area contributed by atoms with Crippen molar-refractivity contribution >= 4 is 28.5 Å². The van der Waals surface area contributed by atoms with E-state index in [2.05, 4.69) is 14.7 Å². The van der Waals surface area contributed by atoms with E-state index in [0.717, 1.165) is 11.5 Å². The average molecular weight is 269 g/mol. The van der Waals surface area contributed by atoms with E-state index >= 15 is 0 Å². The van der Waals surface area contributed by atoms with Crippen molar-refractivity contribution in [1.29, 1.82) is 0 Å². The summed E-state index contributed by atoms with van der Waals surface area (Å²) >= 11 is 1.12. The quantitative estimate of drug-likeness (QED) is 0.867. The van der Waals surface area contributed by atoms with Crippen LogP contribution in [0.15, 0.2) is 0 Å². The second kappa shape index (κ2) is 4.31. The van der Waals surface area contributed by atoms with E-state index in [1.54, 1.807) is 0 Å². The average Bonchev–Trinajstić information content (AvgIpc) is 2.91. The van der Waals surface area contributed by atoms with Gasteiger partial charge in [-0.15, -0.1) is 0 Å². The molecule has 1 aliphatic carbocycles. The van der Waals surface area contributed by atoms with Gasteiger partial charge in [-0.05, 0) is 6.42 Å². The highest BCUT2D eigenvalue weighted by atomic mass is 32.1. The number of rotatable bonds is 3. The maximum atomic E-state index is 11.7. The first-order valence-electron chi connectivity index (χ1n) is 5.67. The lowest BCUT2D eigenvalue weighted by Crippen LogP contribution is -2.17. The fraction of sp³-hybridized carbons (Fsp3) is 0.636. The van der Waals surface area contributed by atoms with E-state index in [0.29, 0.717) is 17.4 Å². The number of aliphatic carboxylic acids is 1. The summed E-state index contributed by atoms with van der Waals surface area (Å²) in [6.07, 6.45) is 0.409. The van der Waals surface area contributed by atoms with E-state index in [1.807, 2.05) is 20.8 Å². The maximum Gasteiger partial charge on any atom is 0.307 e. The normalized spacial score (nSPS) is 22.6. The molecule has 2 atom stereocenters. The first-order valence-corrected chi connectivity index (χ1v) is 6.44. The molecule has 0 unspecified atom stereocenters. The number of aromatic nitrogens is 2. The van der Waals surface area contributed by atoms with Crippen LogP contribution in [0.2, 0.25) is 0 Å². The Morgan fingerprint density at radius 1 is 1.39 bits per heavy atom. The molecule has 1 aromatic heterocycles. The standard InChI is InChI=1S/C11H15N3O3S/c1-11(2,3)9-13-10(18-14-9)12-7(15)5-4-6(5)8(16)17/h5-6H,4H2,1-3H3,(H,16,17)(H,12,13,14,15)/t5-,6-/m1/s1. The van der Waals surface area contributed by atoms with Gasteiger partial charge in [0.2, 0.25) is 11.0 Å². The molecule has 6 nitrogen and oxygen atoms in total. The molecule has 1 aromatic rings. The summed E-state index contributed by atoms with van der Waals surface area (Å²) < 4.78 is 4.17. The van der Waals surface area contributed by atoms with Gasteiger partial charge in [0.25, 0.3) is 0 Å². The van der Waals surface area contributed by atoms with E-state index in [4.69, 9.17) is 5.11 Å². The molecule has 0 aromatic carbocycles. The molecular weight excluding hydrogens is 254 g/mol. The molecule has 18 heavy (non-hydrogen) atoms. The Hall–Kier alpha value is -1.50. The van der Waals surface area contributed by atoms with Gasteiger partial charge < -0.3 is 10.4 Å². The molecule has 7 heteroatoms. The number of carbonyl (C=O) groups excluding carboxylic acids is 1. The first-order chi connectivity index (χ1) is 8.29. The van der Waals surface area contributed by atoms with Crippen LogP contribution in [-0.2, 0) is 15.0 Å². The number of hydrogen-bond donors (Lipinski definition) is 2. The Kier molecular flexibility index (Phi) is 3.10. The summed E-state index contributed by atoms with van der Waals surface area (Å²) in [7, 11) is 0. The smallest absolute Gasteiger partial charge is 0.307 e. The molecule has 0 aliphatic heterocycles. The van der Waals surface area contributed by atoms with Gasteiger partial charge >= 0.3 is 5.97 Å². The van der Waals surface area contributed by atoms with E-state index in [1.165, 1.54) is 0 Å². The van der Waals surface area contributed by atoms with Crippen LogP contribution in [0.4, 0.5) is 5.13 Å². The van der Waals surface area contributed by atoms with Crippen LogP contribution >= 0.6 is 11.5 Å². The van der Waals surface area contributed by atoms with Crippen molar-refractivity contribution in [2.75, 3.05) is 5.32 Å². The number of nitrogens with one attached hydrogen (secondary N) is 1. The highest BCUT2D eigenvalue weighted by Crippen LogP contribution is 2.39. The number of carboxylic acids is 1. The summed E-state index contributed by atoms with van der Waals surface area (Å²) in [5.41, 5.74) is -0.164. The summed E-state index contributed by atoms with van der Waals surface area (Å²) in [5.74, 6) is -1.49. The minimum Gasteiger partial charge on any atom is -0.481 e. The number of nitrogens with zero attached hydrogens (tertiary/aromatic N) is 2. The second-order valence-corrected chi connectivity index (χ2v) is 6.20. The Morgan fingerprint density at radius 2 is 2.06 bits per heavy atom. The predicted octanol–water partition coefficient (Wildman–Crippen LogP) is 1.49. The third kappa shape index (κ3) is 2.66.